The number of nitrogens with one attached hydrogen (secondary N) is 2. The third-order valence-corrected chi connectivity index (χ3v) is 5.90. The summed E-state index contributed by atoms with van der Waals surface area (Å²) in [7, 11) is 5.02. The van der Waals surface area contributed by atoms with Crippen LogP contribution in [0.3, 0.4) is 0 Å². The van der Waals surface area contributed by atoms with Gasteiger partial charge in [0.15, 0.2) is 11.5 Å². The zero-order valence-corrected chi connectivity index (χ0v) is 23.1. The van der Waals surface area contributed by atoms with Crippen molar-refractivity contribution in [2.45, 2.75) is 45.7 Å². The molecule has 2 rings (SSSR count). The molecule has 0 aliphatic carbocycles. The molecule has 7 nitrogen and oxygen atoms in total. The number of rotatable bonds is 14. The van der Waals surface area contributed by atoms with Crippen molar-refractivity contribution in [3.63, 3.8) is 0 Å². The zero-order chi connectivity index (χ0) is 26.8. The maximum atomic E-state index is 12.3. The van der Waals surface area contributed by atoms with E-state index in [9.17, 15) is 4.79 Å². The van der Waals surface area contributed by atoms with E-state index in [0.29, 0.717) is 36.3 Å². The minimum Gasteiger partial charge on any atom is -0.493 e. The first-order valence-electron chi connectivity index (χ1n) is 12.8. The summed E-state index contributed by atoms with van der Waals surface area (Å²) in [6.45, 7) is 14.4. The van der Waals surface area contributed by atoms with E-state index in [1.54, 1.807) is 50.4 Å². The third kappa shape index (κ3) is 12.4. The van der Waals surface area contributed by atoms with Crippen LogP contribution in [-0.2, 0) is 4.74 Å². The molecule has 0 saturated carbocycles. The molecule has 2 unspecified atom stereocenters. The fourth-order valence-electron chi connectivity index (χ4n) is 3.43. The first kappa shape index (κ1) is 31.4. The van der Waals surface area contributed by atoms with Crippen molar-refractivity contribution >= 4 is 5.91 Å². The fourth-order valence-corrected chi connectivity index (χ4v) is 3.43. The van der Waals surface area contributed by atoms with Crippen molar-refractivity contribution in [2.24, 2.45) is 5.92 Å². The monoisotopic (exact) mass is 501 g/mol. The smallest absolute Gasteiger partial charge is 0.253 e. The molecule has 2 N–H and O–H groups in total. The lowest BCUT2D eigenvalue weighted by Gasteiger charge is -2.22. The first-order chi connectivity index (χ1) is 17.3. The van der Waals surface area contributed by atoms with E-state index in [2.05, 4.69) is 36.3 Å². The van der Waals surface area contributed by atoms with Crippen LogP contribution in [-0.4, -0.2) is 77.0 Å². The Morgan fingerprint density at radius 2 is 1.97 bits per heavy atom. The molecule has 1 amide bonds. The molecule has 2 atom stereocenters. The molecule has 0 spiro atoms. The van der Waals surface area contributed by atoms with Crippen molar-refractivity contribution in [3.8, 4) is 11.5 Å². The number of carbonyl (C=O) groups excluding carboxylic acids is 1. The Bertz CT molecular complexity index is 817. The first-order valence-corrected chi connectivity index (χ1v) is 12.8. The lowest BCUT2D eigenvalue weighted by Crippen LogP contribution is -2.32. The molecule has 1 aliphatic rings. The minimum atomic E-state index is -0.0330. The number of nitrogens with zero attached hydrogens (tertiary/aromatic N) is 1. The largest absolute Gasteiger partial charge is 0.493 e. The van der Waals surface area contributed by atoms with Crippen LogP contribution < -0.4 is 20.1 Å². The van der Waals surface area contributed by atoms with Gasteiger partial charge in [-0.2, -0.15) is 0 Å². The number of methoxy groups -OCH3 is 2. The molecule has 1 aromatic rings. The number of benzene rings is 1. The van der Waals surface area contributed by atoms with E-state index in [1.807, 2.05) is 26.0 Å². The van der Waals surface area contributed by atoms with Crippen LogP contribution in [0.4, 0.5) is 0 Å². The van der Waals surface area contributed by atoms with E-state index in [1.165, 1.54) is 19.5 Å². The normalized spacial score (nSPS) is 16.1. The van der Waals surface area contributed by atoms with E-state index in [-0.39, 0.29) is 11.9 Å². The number of amides is 1. The van der Waals surface area contributed by atoms with Crippen LogP contribution in [0.15, 0.2) is 55.2 Å². The van der Waals surface area contributed by atoms with Gasteiger partial charge in [-0.3, -0.25) is 4.79 Å². The average molecular weight is 502 g/mol. The Balaban J connectivity index is 0.000000381. The maximum Gasteiger partial charge on any atom is 0.253 e. The molecule has 1 fully saturated rings. The molecule has 1 heterocycles. The summed E-state index contributed by atoms with van der Waals surface area (Å²) in [5, 5.41) is 6.89. The molecule has 1 aromatic carbocycles. The quantitative estimate of drug-likeness (QED) is 0.290. The second-order valence-electron chi connectivity index (χ2n) is 9.13. The van der Waals surface area contributed by atoms with Gasteiger partial charge in [-0.25, -0.2) is 0 Å². The molecular formula is C29H47N3O4. The lowest BCUT2D eigenvalue weighted by molar-refractivity contribution is 0.0754. The SMILES string of the molecule is C=C/C=C\C=C/C(C)NCC1CCNC1.COCCCOc1cc(C(=O)N(C)C(C)C)ccc1OC. The Hall–Kier alpha value is -2.61. The fraction of sp³-hybridized carbons (Fsp3) is 0.552. The van der Waals surface area contributed by atoms with Crippen LogP contribution in [0.25, 0.3) is 0 Å². The molecule has 0 bridgehead atoms. The molecule has 1 aliphatic heterocycles. The molecule has 7 heteroatoms. The third-order valence-electron chi connectivity index (χ3n) is 5.90. The Kier molecular flexibility index (Phi) is 16.3. The van der Waals surface area contributed by atoms with Gasteiger partial charge < -0.3 is 29.7 Å². The minimum absolute atomic E-state index is 0.0330. The number of carbonyl (C=O) groups is 1. The van der Waals surface area contributed by atoms with Crippen LogP contribution in [0, 0.1) is 5.92 Å². The zero-order valence-electron chi connectivity index (χ0n) is 23.1. The van der Waals surface area contributed by atoms with Gasteiger partial charge in [0.25, 0.3) is 5.91 Å². The van der Waals surface area contributed by atoms with Crippen molar-refractivity contribution in [2.75, 3.05) is 54.1 Å². The van der Waals surface area contributed by atoms with E-state index in [0.717, 1.165) is 18.9 Å². The lowest BCUT2D eigenvalue weighted by atomic mass is 10.1. The molecule has 0 radical (unpaired) electrons. The van der Waals surface area contributed by atoms with Crippen molar-refractivity contribution in [1.29, 1.82) is 0 Å². The average Bonchev–Trinajstić information content (AvgIpc) is 3.41. The van der Waals surface area contributed by atoms with E-state index >= 15 is 0 Å². The molecule has 36 heavy (non-hydrogen) atoms. The molecule has 1 saturated heterocycles. The number of hydrogen-bond acceptors (Lipinski definition) is 6. The summed E-state index contributed by atoms with van der Waals surface area (Å²) in [5.74, 6) is 1.98. The van der Waals surface area contributed by atoms with Gasteiger partial charge in [-0.15, -0.1) is 0 Å². The highest BCUT2D eigenvalue weighted by Gasteiger charge is 2.17. The summed E-state index contributed by atoms with van der Waals surface area (Å²) in [4.78, 5) is 14.0. The summed E-state index contributed by atoms with van der Waals surface area (Å²) < 4.78 is 15.9. The topological polar surface area (TPSA) is 72.1 Å². The van der Waals surface area contributed by atoms with Gasteiger partial charge in [0.1, 0.15) is 0 Å². The molecular weight excluding hydrogens is 454 g/mol. The van der Waals surface area contributed by atoms with Crippen LogP contribution in [0.2, 0.25) is 0 Å². The van der Waals surface area contributed by atoms with Gasteiger partial charge >= 0.3 is 0 Å². The molecule has 0 aromatic heterocycles. The number of ether oxygens (including phenoxy) is 3. The van der Waals surface area contributed by atoms with Gasteiger partial charge in [0.2, 0.25) is 0 Å². The molecule has 202 valence electrons. The highest BCUT2D eigenvalue weighted by atomic mass is 16.5. The van der Waals surface area contributed by atoms with Crippen molar-refractivity contribution in [3.05, 3.63) is 60.7 Å². The van der Waals surface area contributed by atoms with Gasteiger partial charge in [-0.1, -0.05) is 37.0 Å². The number of allylic oxidation sites excluding steroid dienone is 4. The van der Waals surface area contributed by atoms with Gasteiger partial charge in [0.05, 0.1) is 13.7 Å². The van der Waals surface area contributed by atoms with Crippen molar-refractivity contribution < 1.29 is 19.0 Å². The Morgan fingerprint density at radius 1 is 1.19 bits per heavy atom. The van der Waals surface area contributed by atoms with E-state index in [4.69, 9.17) is 14.2 Å². The summed E-state index contributed by atoms with van der Waals surface area (Å²) in [6, 6.07) is 5.83. The van der Waals surface area contributed by atoms with Crippen LogP contribution in [0.1, 0.15) is 44.0 Å². The van der Waals surface area contributed by atoms with E-state index < -0.39 is 0 Å². The highest BCUT2D eigenvalue weighted by Crippen LogP contribution is 2.28. The highest BCUT2D eigenvalue weighted by molar-refractivity contribution is 5.94. The predicted molar refractivity (Wildman–Crippen MR) is 149 cm³/mol. The van der Waals surface area contributed by atoms with Crippen molar-refractivity contribution in [1.82, 2.24) is 15.5 Å². The predicted octanol–water partition coefficient (Wildman–Crippen LogP) is 4.46. The Morgan fingerprint density at radius 3 is 2.58 bits per heavy atom. The summed E-state index contributed by atoms with van der Waals surface area (Å²) in [6.07, 6.45) is 12.0. The van der Waals surface area contributed by atoms with Crippen LogP contribution in [0.5, 0.6) is 11.5 Å². The standard InChI is InChI=1S/C16H25NO4.C13H22N2/c1-12(2)17(3)16(18)13-7-8-14(20-5)15(11-13)21-10-6-9-19-4;1-3-4-5-6-7-12(2)15-11-13-8-9-14-10-13/h7-8,11-12H,6,9-10H2,1-5H3;3-7,12-15H,1,8-11H2,2H3/b;5-4-,7-6-. The maximum absolute atomic E-state index is 12.3. The summed E-state index contributed by atoms with van der Waals surface area (Å²) >= 11 is 0. The second-order valence-corrected chi connectivity index (χ2v) is 9.13. The summed E-state index contributed by atoms with van der Waals surface area (Å²) in [5.41, 5.74) is 0.591. The second kappa shape index (κ2) is 18.6. The van der Waals surface area contributed by atoms with Crippen LogP contribution >= 0.6 is 0 Å². The Labute approximate surface area is 218 Å². The van der Waals surface area contributed by atoms with Gasteiger partial charge in [-0.05, 0) is 70.9 Å². The van der Waals surface area contributed by atoms with Gasteiger partial charge in [0, 0.05) is 44.8 Å². The number of hydrogen-bond donors (Lipinski definition) is 2.